The van der Waals surface area contributed by atoms with E-state index in [-0.39, 0.29) is 5.56 Å². The number of alkyl halides is 2. The molecule has 0 aliphatic carbocycles. The summed E-state index contributed by atoms with van der Waals surface area (Å²) in [5, 5.41) is 0. The molecule has 0 aromatic heterocycles. The minimum atomic E-state index is -2.82. The summed E-state index contributed by atoms with van der Waals surface area (Å²) >= 11 is 0. The first-order chi connectivity index (χ1) is 6.99. The molecule has 80 valence electrons. The van der Waals surface area contributed by atoms with Crippen molar-refractivity contribution in [1.82, 2.24) is 4.90 Å². The molecule has 1 saturated heterocycles. The van der Waals surface area contributed by atoms with Gasteiger partial charge in [-0.2, -0.15) is 0 Å². The maximum absolute atomic E-state index is 13.1. The largest absolute Gasteiger partial charge is 0.326 e. The number of rotatable bonds is 1. The van der Waals surface area contributed by atoms with Gasteiger partial charge < -0.3 is 4.90 Å². The summed E-state index contributed by atoms with van der Waals surface area (Å²) < 4.78 is 38.1. The molecule has 0 radical (unpaired) electrons. The third-order valence-electron chi connectivity index (χ3n) is 2.24. The van der Waals surface area contributed by atoms with Crippen molar-refractivity contribution >= 4 is 5.91 Å². The highest BCUT2D eigenvalue weighted by atomic mass is 19.3. The number of nitrogens with zero attached hydrogens (tertiary/aromatic N) is 1. The Hall–Kier alpha value is -1.52. The lowest BCUT2D eigenvalue weighted by atomic mass is 10.1. The molecule has 1 aromatic carbocycles. The molecular formula is C10H8F3NO. The van der Waals surface area contributed by atoms with Crippen LogP contribution in [0.3, 0.4) is 0 Å². The summed E-state index contributed by atoms with van der Waals surface area (Å²) in [5.74, 6) is -4.18. The lowest BCUT2D eigenvalue weighted by molar-refractivity contribution is -0.113. The molecule has 0 saturated carbocycles. The summed E-state index contributed by atoms with van der Waals surface area (Å²) in [5.41, 5.74) is -0.159. The van der Waals surface area contributed by atoms with Crippen LogP contribution in [0.15, 0.2) is 24.3 Å². The van der Waals surface area contributed by atoms with Crippen LogP contribution in [0.25, 0.3) is 0 Å². The monoisotopic (exact) mass is 215 g/mol. The molecule has 2 nitrogen and oxygen atoms in total. The van der Waals surface area contributed by atoms with E-state index in [0.717, 1.165) is 11.0 Å². The van der Waals surface area contributed by atoms with Gasteiger partial charge in [0.2, 0.25) is 0 Å². The molecule has 0 bridgehead atoms. The first-order valence-corrected chi connectivity index (χ1v) is 4.41. The predicted octanol–water partition coefficient (Wildman–Crippen LogP) is 1.92. The van der Waals surface area contributed by atoms with E-state index >= 15 is 0 Å². The van der Waals surface area contributed by atoms with Crippen molar-refractivity contribution in [2.45, 2.75) is 5.92 Å². The van der Waals surface area contributed by atoms with Crippen molar-refractivity contribution < 1.29 is 18.0 Å². The Morgan fingerprint density at radius 2 is 1.87 bits per heavy atom. The Labute approximate surface area is 84.3 Å². The molecule has 1 heterocycles. The molecule has 1 aromatic rings. The van der Waals surface area contributed by atoms with Crippen molar-refractivity contribution in [3.8, 4) is 0 Å². The zero-order chi connectivity index (χ0) is 11.1. The molecule has 5 heteroatoms. The average Bonchev–Trinajstić information content (AvgIpc) is 2.14. The van der Waals surface area contributed by atoms with E-state index in [1.807, 2.05) is 0 Å². The lowest BCUT2D eigenvalue weighted by Crippen LogP contribution is -2.58. The third kappa shape index (κ3) is 1.82. The van der Waals surface area contributed by atoms with E-state index in [1.54, 1.807) is 0 Å². The van der Waals surface area contributed by atoms with Crippen LogP contribution >= 0.6 is 0 Å². The molecule has 0 spiro atoms. The van der Waals surface area contributed by atoms with Crippen LogP contribution in [0.4, 0.5) is 13.2 Å². The van der Waals surface area contributed by atoms with Crippen molar-refractivity contribution in [2.75, 3.05) is 13.1 Å². The number of amides is 1. The maximum Gasteiger partial charge on any atom is 0.282 e. The van der Waals surface area contributed by atoms with E-state index in [0.29, 0.717) is 0 Å². The predicted molar refractivity (Wildman–Crippen MR) is 47.3 cm³/mol. The number of benzene rings is 1. The zero-order valence-corrected chi connectivity index (χ0v) is 7.71. The fourth-order valence-electron chi connectivity index (χ4n) is 1.46. The summed E-state index contributed by atoms with van der Waals surface area (Å²) in [4.78, 5) is 12.4. The summed E-state index contributed by atoms with van der Waals surface area (Å²) in [7, 11) is 0. The van der Waals surface area contributed by atoms with Crippen LogP contribution in [0, 0.1) is 5.82 Å². The SMILES string of the molecule is O=C(c1ccccc1F)N1CC(F)(F)C1. The molecule has 1 fully saturated rings. The molecule has 2 rings (SSSR count). The van der Waals surface area contributed by atoms with Gasteiger partial charge in [-0.15, -0.1) is 0 Å². The van der Waals surface area contributed by atoms with Crippen LogP contribution < -0.4 is 0 Å². The van der Waals surface area contributed by atoms with Gasteiger partial charge in [-0.1, -0.05) is 12.1 Å². The molecule has 1 aliphatic rings. The number of hydrogen-bond acceptors (Lipinski definition) is 1. The first-order valence-electron chi connectivity index (χ1n) is 4.41. The Morgan fingerprint density at radius 1 is 1.27 bits per heavy atom. The topological polar surface area (TPSA) is 20.3 Å². The van der Waals surface area contributed by atoms with Crippen molar-refractivity contribution in [1.29, 1.82) is 0 Å². The standard InChI is InChI=1S/C10H8F3NO/c11-8-4-2-1-3-7(8)9(15)14-5-10(12,13)6-14/h1-4H,5-6H2. The van der Waals surface area contributed by atoms with Crippen LogP contribution in [-0.4, -0.2) is 29.8 Å². The van der Waals surface area contributed by atoms with Gasteiger partial charge in [-0.25, -0.2) is 13.2 Å². The van der Waals surface area contributed by atoms with Gasteiger partial charge >= 0.3 is 0 Å². The number of carbonyl (C=O) groups is 1. The van der Waals surface area contributed by atoms with Crippen molar-refractivity contribution in [3.05, 3.63) is 35.6 Å². The van der Waals surface area contributed by atoms with Gasteiger partial charge in [0.15, 0.2) is 0 Å². The molecule has 0 unspecified atom stereocenters. The maximum atomic E-state index is 13.1. The smallest absolute Gasteiger partial charge is 0.282 e. The number of hydrogen-bond donors (Lipinski definition) is 0. The van der Waals surface area contributed by atoms with Crippen LogP contribution in [0.1, 0.15) is 10.4 Å². The molecule has 15 heavy (non-hydrogen) atoms. The summed E-state index contributed by atoms with van der Waals surface area (Å²) in [6, 6.07) is 5.35. The second-order valence-corrected chi connectivity index (χ2v) is 3.50. The van der Waals surface area contributed by atoms with E-state index in [2.05, 4.69) is 0 Å². The van der Waals surface area contributed by atoms with Crippen LogP contribution in [-0.2, 0) is 0 Å². The minimum Gasteiger partial charge on any atom is -0.326 e. The van der Waals surface area contributed by atoms with E-state index in [1.165, 1.54) is 18.2 Å². The molecular weight excluding hydrogens is 207 g/mol. The average molecular weight is 215 g/mol. The Balaban J connectivity index is 2.14. The van der Waals surface area contributed by atoms with Gasteiger partial charge in [0.1, 0.15) is 5.82 Å². The molecule has 1 aliphatic heterocycles. The lowest BCUT2D eigenvalue weighted by Gasteiger charge is -2.38. The van der Waals surface area contributed by atoms with Crippen molar-refractivity contribution in [2.24, 2.45) is 0 Å². The third-order valence-corrected chi connectivity index (χ3v) is 2.24. The second-order valence-electron chi connectivity index (χ2n) is 3.50. The Kier molecular flexibility index (Phi) is 2.17. The fraction of sp³-hybridized carbons (Fsp3) is 0.300. The van der Waals surface area contributed by atoms with Crippen LogP contribution in [0.2, 0.25) is 0 Å². The Bertz CT molecular complexity index is 397. The minimum absolute atomic E-state index is 0.159. The van der Waals surface area contributed by atoms with E-state index in [9.17, 15) is 18.0 Å². The quantitative estimate of drug-likeness (QED) is 0.700. The Morgan fingerprint density at radius 3 is 2.40 bits per heavy atom. The summed E-state index contributed by atoms with van der Waals surface area (Å²) in [6.07, 6.45) is 0. The van der Waals surface area contributed by atoms with Gasteiger partial charge in [0.05, 0.1) is 18.7 Å². The number of likely N-dealkylation sites (tertiary alicyclic amines) is 1. The number of halogens is 3. The fourth-order valence-corrected chi connectivity index (χ4v) is 1.46. The first kappa shape index (κ1) is 10.0. The molecule has 1 amide bonds. The normalized spacial score (nSPS) is 18.5. The molecule has 0 N–H and O–H groups in total. The highest BCUT2D eigenvalue weighted by Gasteiger charge is 2.46. The van der Waals surface area contributed by atoms with E-state index < -0.39 is 30.7 Å². The van der Waals surface area contributed by atoms with Crippen molar-refractivity contribution in [3.63, 3.8) is 0 Å². The van der Waals surface area contributed by atoms with Gasteiger partial charge in [0, 0.05) is 0 Å². The molecule has 0 atom stereocenters. The highest BCUT2D eigenvalue weighted by Crippen LogP contribution is 2.28. The summed E-state index contributed by atoms with van der Waals surface area (Å²) in [6.45, 7) is -1.25. The van der Waals surface area contributed by atoms with E-state index in [4.69, 9.17) is 0 Å². The second kappa shape index (κ2) is 3.25. The van der Waals surface area contributed by atoms with Gasteiger partial charge in [0.25, 0.3) is 11.8 Å². The van der Waals surface area contributed by atoms with Crippen LogP contribution in [0.5, 0.6) is 0 Å². The van der Waals surface area contributed by atoms with Gasteiger partial charge in [-0.3, -0.25) is 4.79 Å². The van der Waals surface area contributed by atoms with Gasteiger partial charge in [-0.05, 0) is 12.1 Å². The highest BCUT2D eigenvalue weighted by molar-refractivity contribution is 5.95. The number of carbonyl (C=O) groups excluding carboxylic acids is 1. The zero-order valence-electron chi connectivity index (χ0n) is 7.71.